The van der Waals surface area contributed by atoms with Crippen molar-refractivity contribution in [2.24, 2.45) is 0 Å². The third-order valence-electron chi connectivity index (χ3n) is 3.47. The molecule has 0 aliphatic rings. The summed E-state index contributed by atoms with van der Waals surface area (Å²) >= 11 is 0. The molecule has 2 heteroatoms. The van der Waals surface area contributed by atoms with Gasteiger partial charge in [-0.1, -0.05) is 48.0 Å². The van der Waals surface area contributed by atoms with E-state index >= 15 is 0 Å². The van der Waals surface area contributed by atoms with Gasteiger partial charge in [-0.05, 0) is 35.9 Å². The van der Waals surface area contributed by atoms with E-state index in [4.69, 9.17) is 5.73 Å². The normalized spacial score (nSPS) is 10.7. The number of nitrogens with two attached hydrogens (primary N) is 1. The third kappa shape index (κ3) is 2.16. The highest BCUT2D eigenvalue weighted by Crippen LogP contribution is 2.21. The van der Waals surface area contributed by atoms with Gasteiger partial charge < -0.3 is 5.73 Å². The molecule has 0 heterocycles. The van der Waals surface area contributed by atoms with Gasteiger partial charge in [0.15, 0.2) is 5.78 Å². The third-order valence-corrected chi connectivity index (χ3v) is 3.47. The van der Waals surface area contributed by atoms with Crippen molar-refractivity contribution in [1.29, 1.82) is 0 Å². The molecule has 2 N–H and O–H groups in total. The van der Waals surface area contributed by atoms with Gasteiger partial charge in [0.2, 0.25) is 0 Å². The molecule has 0 aliphatic carbocycles. The Kier molecular flexibility index (Phi) is 2.99. The summed E-state index contributed by atoms with van der Waals surface area (Å²) in [6, 6.07) is 19.3. The molecule has 0 spiro atoms. The second-order valence-electron chi connectivity index (χ2n) is 4.98. The molecule has 3 aromatic rings. The largest absolute Gasteiger partial charge is 0.398 e. The van der Waals surface area contributed by atoms with E-state index in [9.17, 15) is 4.79 Å². The molecule has 20 heavy (non-hydrogen) atoms. The van der Waals surface area contributed by atoms with Crippen LogP contribution in [0.5, 0.6) is 0 Å². The Hall–Kier alpha value is -2.61. The van der Waals surface area contributed by atoms with Crippen LogP contribution in [-0.4, -0.2) is 5.78 Å². The van der Waals surface area contributed by atoms with Crippen molar-refractivity contribution in [3.63, 3.8) is 0 Å². The van der Waals surface area contributed by atoms with Gasteiger partial charge in [-0.3, -0.25) is 4.79 Å². The average Bonchev–Trinajstić information content (AvgIpc) is 2.48. The molecule has 0 amide bonds. The van der Waals surface area contributed by atoms with Crippen LogP contribution in [0.25, 0.3) is 10.8 Å². The number of benzene rings is 3. The van der Waals surface area contributed by atoms with Gasteiger partial charge in [-0.2, -0.15) is 0 Å². The molecule has 0 radical (unpaired) electrons. The molecule has 0 aromatic heterocycles. The van der Waals surface area contributed by atoms with Crippen molar-refractivity contribution in [2.45, 2.75) is 6.92 Å². The van der Waals surface area contributed by atoms with Crippen molar-refractivity contribution >= 4 is 22.2 Å². The van der Waals surface area contributed by atoms with Crippen LogP contribution in [0.15, 0.2) is 60.7 Å². The quantitative estimate of drug-likeness (QED) is 0.560. The van der Waals surface area contributed by atoms with E-state index in [0.29, 0.717) is 16.8 Å². The monoisotopic (exact) mass is 261 g/mol. The Labute approximate surface area is 117 Å². The minimum absolute atomic E-state index is 0.0306. The maximum atomic E-state index is 12.6. The summed E-state index contributed by atoms with van der Waals surface area (Å²) < 4.78 is 0. The minimum Gasteiger partial charge on any atom is -0.398 e. The Balaban J connectivity index is 2.10. The highest BCUT2D eigenvalue weighted by atomic mass is 16.1. The lowest BCUT2D eigenvalue weighted by Crippen LogP contribution is -2.05. The summed E-state index contributed by atoms with van der Waals surface area (Å²) in [6.45, 7) is 1.95. The first-order valence-electron chi connectivity index (χ1n) is 6.55. The molecule has 0 atom stereocenters. The summed E-state index contributed by atoms with van der Waals surface area (Å²) in [5, 5.41) is 2.19. The van der Waals surface area contributed by atoms with E-state index in [2.05, 4.69) is 0 Å². The molecule has 0 saturated carbocycles. The van der Waals surface area contributed by atoms with Crippen molar-refractivity contribution in [1.82, 2.24) is 0 Å². The van der Waals surface area contributed by atoms with Crippen molar-refractivity contribution in [2.75, 3.05) is 5.73 Å². The van der Waals surface area contributed by atoms with Gasteiger partial charge in [-0.25, -0.2) is 0 Å². The van der Waals surface area contributed by atoms with Crippen LogP contribution in [-0.2, 0) is 0 Å². The van der Waals surface area contributed by atoms with Crippen LogP contribution in [0.1, 0.15) is 21.5 Å². The second kappa shape index (κ2) is 4.82. The fraction of sp³-hybridized carbons (Fsp3) is 0.0556. The lowest BCUT2D eigenvalue weighted by Gasteiger charge is -2.07. The molecular formula is C18H15NO. The summed E-state index contributed by atoms with van der Waals surface area (Å²) in [4.78, 5) is 12.6. The molecule has 3 aromatic carbocycles. The fourth-order valence-electron chi connectivity index (χ4n) is 2.35. The van der Waals surface area contributed by atoms with Crippen LogP contribution in [0, 0.1) is 6.92 Å². The van der Waals surface area contributed by atoms with E-state index in [0.717, 1.165) is 16.3 Å². The van der Waals surface area contributed by atoms with E-state index < -0.39 is 0 Å². The molecule has 0 bridgehead atoms. The molecule has 2 nitrogen and oxygen atoms in total. The fourth-order valence-corrected chi connectivity index (χ4v) is 2.35. The lowest BCUT2D eigenvalue weighted by molar-refractivity contribution is 0.103. The molecule has 0 unspecified atom stereocenters. The van der Waals surface area contributed by atoms with Crippen molar-refractivity contribution < 1.29 is 4.79 Å². The number of carbonyl (C=O) groups is 1. The lowest BCUT2D eigenvalue weighted by atomic mass is 9.98. The number of rotatable bonds is 2. The maximum absolute atomic E-state index is 12.6. The number of anilines is 1. The Morgan fingerprint density at radius 1 is 0.900 bits per heavy atom. The van der Waals surface area contributed by atoms with Gasteiger partial charge in [0.1, 0.15) is 0 Å². The number of aryl methyl sites for hydroxylation is 1. The number of hydrogen-bond acceptors (Lipinski definition) is 2. The van der Waals surface area contributed by atoms with E-state index in [1.165, 1.54) is 0 Å². The Bertz CT molecular complexity index is 805. The maximum Gasteiger partial charge on any atom is 0.195 e. The van der Waals surface area contributed by atoms with Crippen LogP contribution >= 0.6 is 0 Å². The first kappa shape index (κ1) is 12.4. The number of fused-ring (bicyclic) bond motifs is 1. The van der Waals surface area contributed by atoms with E-state index in [1.807, 2.05) is 61.5 Å². The number of ketones is 1. The van der Waals surface area contributed by atoms with Gasteiger partial charge in [0.05, 0.1) is 0 Å². The van der Waals surface area contributed by atoms with Crippen LogP contribution in [0.3, 0.4) is 0 Å². The summed E-state index contributed by atoms with van der Waals surface area (Å²) in [5.41, 5.74) is 8.71. The molecule has 0 aliphatic heterocycles. The number of carbonyl (C=O) groups excluding carboxylic acids is 1. The Morgan fingerprint density at radius 2 is 1.65 bits per heavy atom. The molecule has 0 saturated heterocycles. The average molecular weight is 261 g/mol. The minimum atomic E-state index is -0.0306. The topological polar surface area (TPSA) is 43.1 Å². The van der Waals surface area contributed by atoms with Crippen LogP contribution < -0.4 is 5.73 Å². The zero-order chi connectivity index (χ0) is 14.1. The van der Waals surface area contributed by atoms with E-state index in [-0.39, 0.29) is 5.78 Å². The summed E-state index contributed by atoms with van der Waals surface area (Å²) in [7, 11) is 0. The number of hydrogen-bond donors (Lipinski definition) is 1. The predicted octanol–water partition coefficient (Wildman–Crippen LogP) is 3.96. The second-order valence-corrected chi connectivity index (χ2v) is 4.98. The van der Waals surface area contributed by atoms with Crippen LogP contribution in [0.4, 0.5) is 5.69 Å². The van der Waals surface area contributed by atoms with Crippen LogP contribution in [0.2, 0.25) is 0 Å². The van der Waals surface area contributed by atoms with Crippen molar-refractivity contribution in [3.05, 3.63) is 77.4 Å². The first-order chi connectivity index (χ1) is 9.65. The molecule has 98 valence electrons. The van der Waals surface area contributed by atoms with E-state index in [1.54, 1.807) is 6.07 Å². The van der Waals surface area contributed by atoms with Gasteiger partial charge in [0.25, 0.3) is 0 Å². The standard InChI is InChI=1S/C18H15NO/c1-12-6-9-17(19)16(10-12)18(20)15-8-7-13-4-2-3-5-14(13)11-15/h2-11H,19H2,1H3. The molecular weight excluding hydrogens is 246 g/mol. The molecule has 0 fully saturated rings. The number of nitrogen functional groups attached to an aromatic ring is 1. The van der Waals surface area contributed by atoms with Gasteiger partial charge >= 0.3 is 0 Å². The predicted molar refractivity (Wildman–Crippen MR) is 83.0 cm³/mol. The van der Waals surface area contributed by atoms with Gasteiger partial charge in [0, 0.05) is 16.8 Å². The highest BCUT2D eigenvalue weighted by molar-refractivity contribution is 6.13. The van der Waals surface area contributed by atoms with Crippen molar-refractivity contribution in [3.8, 4) is 0 Å². The highest BCUT2D eigenvalue weighted by Gasteiger charge is 2.12. The zero-order valence-electron chi connectivity index (χ0n) is 11.3. The zero-order valence-corrected chi connectivity index (χ0v) is 11.3. The molecule has 3 rings (SSSR count). The first-order valence-corrected chi connectivity index (χ1v) is 6.55. The summed E-state index contributed by atoms with van der Waals surface area (Å²) in [5.74, 6) is -0.0306. The van der Waals surface area contributed by atoms with Gasteiger partial charge in [-0.15, -0.1) is 0 Å². The Morgan fingerprint density at radius 3 is 2.45 bits per heavy atom. The smallest absolute Gasteiger partial charge is 0.195 e. The SMILES string of the molecule is Cc1ccc(N)c(C(=O)c2ccc3ccccc3c2)c1. The summed E-state index contributed by atoms with van der Waals surface area (Å²) in [6.07, 6.45) is 0.